The van der Waals surface area contributed by atoms with Crippen LogP contribution in [0.3, 0.4) is 0 Å². The van der Waals surface area contributed by atoms with Gasteiger partial charge in [0.25, 0.3) is 11.8 Å². The van der Waals surface area contributed by atoms with E-state index in [4.69, 9.17) is 14.2 Å². The standard InChI is InChI=1S/C22H27BrN2O5/c1-15(2)10-11-29-18-7-4-16(5-8-18)21(26)24-25-22(27)19-14-17(23)6-9-20(19)30-13-12-28-3/h4-9,14-15H,10-13H2,1-3H3,(H,24,26)(H,25,27). The molecule has 0 aromatic heterocycles. The summed E-state index contributed by atoms with van der Waals surface area (Å²) in [4.78, 5) is 24.9. The maximum Gasteiger partial charge on any atom is 0.273 e. The molecule has 0 saturated carbocycles. The summed E-state index contributed by atoms with van der Waals surface area (Å²) in [7, 11) is 1.57. The molecule has 0 atom stereocenters. The summed E-state index contributed by atoms with van der Waals surface area (Å²) in [5.74, 6) is 0.725. The van der Waals surface area contributed by atoms with Crippen LogP contribution in [0.1, 0.15) is 41.0 Å². The van der Waals surface area contributed by atoms with Crippen molar-refractivity contribution in [2.45, 2.75) is 20.3 Å². The summed E-state index contributed by atoms with van der Waals surface area (Å²) in [6.45, 7) is 5.59. The first-order chi connectivity index (χ1) is 14.4. The zero-order valence-electron chi connectivity index (χ0n) is 17.4. The highest BCUT2D eigenvalue weighted by molar-refractivity contribution is 9.10. The van der Waals surface area contributed by atoms with Gasteiger partial charge in [-0.1, -0.05) is 29.8 Å². The van der Waals surface area contributed by atoms with E-state index < -0.39 is 11.8 Å². The number of hydrogen-bond donors (Lipinski definition) is 2. The molecule has 0 spiro atoms. The van der Waals surface area contributed by atoms with Crippen LogP contribution >= 0.6 is 15.9 Å². The Balaban J connectivity index is 1.92. The lowest BCUT2D eigenvalue weighted by Crippen LogP contribution is -2.41. The van der Waals surface area contributed by atoms with Crippen molar-refractivity contribution in [2.24, 2.45) is 5.92 Å². The van der Waals surface area contributed by atoms with Crippen molar-refractivity contribution >= 4 is 27.7 Å². The van der Waals surface area contributed by atoms with Crippen LogP contribution < -0.4 is 20.3 Å². The Labute approximate surface area is 185 Å². The maximum absolute atomic E-state index is 12.5. The number of hydrogen-bond acceptors (Lipinski definition) is 5. The molecule has 162 valence electrons. The summed E-state index contributed by atoms with van der Waals surface area (Å²) in [5, 5.41) is 0. The lowest BCUT2D eigenvalue weighted by molar-refractivity contribution is 0.0842. The minimum atomic E-state index is -0.495. The van der Waals surface area contributed by atoms with Crippen LogP contribution in [-0.2, 0) is 4.74 Å². The number of rotatable bonds is 10. The van der Waals surface area contributed by atoms with Crippen molar-refractivity contribution in [3.8, 4) is 11.5 Å². The molecule has 2 amide bonds. The van der Waals surface area contributed by atoms with Crippen molar-refractivity contribution in [1.82, 2.24) is 10.9 Å². The first-order valence-corrected chi connectivity index (χ1v) is 10.4. The van der Waals surface area contributed by atoms with Crippen LogP contribution in [0.25, 0.3) is 0 Å². The second-order valence-electron chi connectivity index (χ2n) is 6.95. The summed E-state index contributed by atoms with van der Waals surface area (Å²) < 4.78 is 16.9. The van der Waals surface area contributed by atoms with E-state index in [2.05, 4.69) is 40.6 Å². The number of benzene rings is 2. The molecule has 0 saturated heterocycles. The number of nitrogens with one attached hydrogen (secondary N) is 2. The molecule has 0 aliphatic rings. The van der Waals surface area contributed by atoms with E-state index in [1.165, 1.54) is 0 Å². The SMILES string of the molecule is COCCOc1ccc(Br)cc1C(=O)NNC(=O)c1ccc(OCCC(C)C)cc1. The van der Waals surface area contributed by atoms with Crippen LogP contribution in [0.2, 0.25) is 0 Å². The first-order valence-electron chi connectivity index (χ1n) is 9.65. The zero-order chi connectivity index (χ0) is 21.9. The smallest absolute Gasteiger partial charge is 0.273 e. The third kappa shape index (κ3) is 7.68. The molecule has 2 aromatic rings. The van der Waals surface area contributed by atoms with Crippen LogP contribution in [-0.4, -0.2) is 38.7 Å². The highest BCUT2D eigenvalue weighted by Crippen LogP contribution is 2.23. The van der Waals surface area contributed by atoms with Crippen molar-refractivity contribution in [3.05, 3.63) is 58.1 Å². The van der Waals surface area contributed by atoms with Gasteiger partial charge in [-0.3, -0.25) is 20.4 Å². The van der Waals surface area contributed by atoms with E-state index in [1.54, 1.807) is 49.6 Å². The van der Waals surface area contributed by atoms with Crippen LogP contribution in [0.5, 0.6) is 11.5 Å². The number of halogens is 1. The largest absolute Gasteiger partial charge is 0.494 e. The molecule has 30 heavy (non-hydrogen) atoms. The molecule has 7 nitrogen and oxygen atoms in total. The molecule has 0 fully saturated rings. The second kappa shape index (κ2) is 12.2. The number of carbonyl (C=O) groups excluding carboxylic acids is 2. The van der Waals surface area contributed by atoms with E-state index in [0.29, 0.717) is 47.3 Å². The summed E-state index contributed by atoms with van der Waals surface area (Å²) in [6, 6.07) is 11.8. The minimum Gasteiger partial charge on any atom is -0.494 e. The van der Waals surface area contributed by atoms with Gasteiger partial charge in [0.2, 0.25) is 0 Å². The summed E-state index contributed by atoms with van der Waals surface area (Å²) in [5.41, 5.74) is 5.52. The lowest BCUT2D eigenvalue weighted by atomic mass is 10.1. The topological polar surface area (TPSA) is 85.9 Å². The van der Waals surface area contributed by atoms with Gasteiger partial charge in [-0.2, -0.15) is 0 Å². The number of ether oxygens (including phenoxy) is 3. The normalized spacial score (nSPS) is 10.6. The molecule has 2 N–H and O–H groups in total. The molecular formula is C22H27BrN2O5. The van der Waals surface area contributed by atoms with Gasteiger partial charge in [0.15, 0.2) is 0 Å². The predicted octanol–water partition coefficient (Wildman–Crippen LogP) is 3.97. The van der Waals surface area contributed by atoms with Gasteiger partial charge >= 0.3 is 0 Å². The summed E-state index contributed by atoms with van der Waals surface area (Å²) in [6.07, 6.45) is 0.959. The van der Waals surface area contributed by atoms with E-state index >= 15 is 0 Å². The molecule has 0 radical (unpaired) electrons. The number of amides is 2. The van der Waals surface area contributed by atoms with E-state index in [0.717, 1.165) is 6.42 Å². The Bertz CT molecular complexity index is 840. The van der Waals surface area contributed by atoms with E-state index in [-0.39, 0.29) is 5.56 Å². The molecule has 0 aliphatic carbocycles. The Kier molecular flexibility index (Phi) is 9.63. The monoisotopic (exact) mass is 478 g/mol. The zero-order valence-corrected chi connectivity index (χ0v) is 19.0. The Morgan fingerprint density at radius 1 is 0.933 bits per heavy atom. The summed E-state index contributed by atoms with van der Waals surface area (Å²) >= 11 is 3.34. The quantitative estimate of drug-likeness (QED) is 0.398. The fourth-order valence-electron chi connectivity index (χ4n) is 2.41. The highest BCUT2D eigenvalue weighted by atomic mass is 79.9. The van der Waals surface area contributed by atoms with E-state index in [9.17, 15) is 9.59 Å². The van der Waals surface area contributed by atoms with Gasteiger partial charge in [-0.25, -0.2) is 0 Å². The molecule has 8 heteroatoms. The van der Waals surface area contributed by atoms with E-state index in [1.807, 2.05) is 0 Å². The predicted molar refractivity (Wildman–Crippen MR) is 118 cm³/mol. The molecular weight excluding hydrogens is 452 g/mol. The van der Waals surface area contributed by atoms with Crippen LogP contribution in [0.15, 0.2) is 46.9 Å². The van der Waals surface area contributed by atoms with Crippen LogP contribution in [0.4, 0.5) is 0 Å². The van der Waals surface area contributed by atoms with Crippen molar-refractivity contribution < 1.29 is 23.8 Å². The third-order valence-corrected chi connectivity index (χ3v) is 4.59. The molecule has 0 heterocycles. The third-order valence-electron chi connectivity index (χ3n) is 4.10. The highest BCUT2D eigenvalue weighted by Gasteiger charge is 2.15. The van der Waals surface area contributed by atoms with Gasteiger partial charge in [0.1, 0.15) is 18.1 Å². The Hall–Kier alpha value is -2.58. The molecule has 0 unspecified atom stereocenters. The fraction of sp³-hybridized carbons (Fsp3) is 0.364. The van der Waals surface area contributed by atoms with Crippen molar-refractivity contribution in [3.63, 3.8) is 0 Å². The second-order valence-corrected chi connectivity index (χ2v) is 7.86. The number of methoxy groups -OCH3 is 1. The molecule has 2 rings (SSSR count). The van der Waals surface area contributed by atoms with Gasteiger partial charge in [-0.05, 0) is 54.8 Å². The molecule has 0 bridgehead atoms. The maximum atomic E-state index is 12.5. The van der Waals surface area contributed by atoms with Crippen LogP contribution in [0, 0.1) is 5.92 Å². The fourth-order valence-corrected chi connectivity index (χ4v) is 2.77. The number of carbonyl (C=O) groups is 2. The minimum absolute atomic E-state index is 0.287. The number of hydrazine groups is 1. The van der Waals surface area contributed by atoms with Gasteiger partial charge in [0.05, 0.1) is 18.8 Å². The molecule has 0 aliphatic heterocycles. The van der Waals surface area contributed by atoms with Gasteiger partial charge in [0, 0.05) is 17.1 Å². The van der Waals surface area contributed by atoms with Crippen molar-refractivity contribution in [2.75, 3.05) is 26.9 Å². The Morgan fingerprint density at radius 3 is 2.30 bits per heavy atom. The van der Waals surface area contributed by atoms with Gasteiger partial charge < -0.3 is 14.2 Å². The lowest BCUT2D eigenvalue weighted by Gasteiger charge is -2.13. The Morgan fingerprint density at radius 2 is 1.63 bits per heavy atom. The van der Waals surface area contributed by atoms with Gasteiger partial charge in [-0.15, -0.1) is 0 Å². The first kappa shape index (κ1) is 23.7. The molecule has 2 aromatic carbocycles. The average molecular weight is 479 g/mol. The average Bonchev–Trinajstić information content (AvgIpc) is 2.73. The van der Waals surface area contributed by atoms with Crippen molar-refractivity contribution in [1.29, 1.82) is 0 Å².